The molecule has 0 amide bonds. The van der Waals surface area contributed by atoms with Gasteiger partial charge in [-0.2, -0.15) is 0 Å². The minimum absolute atomic E-state index is 0.479. The minimum atomic E-state index is -1.39. The third-order valence-electron chi connectivity index (χ3n) is 4.03. The third-order valence-corrected chi connectivity index (χ3v) is 6.37. The lowest BCUT2D eigenvalue weighted by Crippen LogP contribution is -2.32. The molecule has 0 saturated carbocycles. The Balaban J connectivity index is 2.09. The fourth-order valence-electron chi connectivity index (χ4n) is 3.20. The lowest BCUT2D eigenvalue weighted by Gasteiger charge is -2.30. The predicted octanol–water partition coefficient (Wildman–Crippen LogP) is 4.68. The van der Waals surface area contributed by atoms with Crippen LogP contribution in [0, 0.1) is 0 Å². The molecule has 1 aromatic heterocycles. The van der Waals surface area contributed by atoms with Gasteiger partial charge in [0.05, 0.1) is 8.07 Å². The van der Waals surface area contributed by atoms with Crippen LogP contribution in [-0.4, -0.2) is 13.1 Å². The second-order valence-corrected chi connectivity index (χ2v) is 11.9. The van der Waals surface area contributed by atoms with Gasteiger partial charge in [-0.3, -0.25) is 4.98 Å². The maximum atomic E-state index is 4.66. The average molecular weight is 279 g/mol. The number of pyridine rings is 1. The number of fused-ring (bicyclic) bond motifs is 1. The SMILES string of the molecule is C[Si](C)(C)C(C1=CCc2ccccc21)c1ccccn1. The Morgan fingerprint density at radius 1 is 1.00 bits per heavy atom. The zero-order valence-electron chi connectivity index (χ0n) is 12.4. The molecule has 1 unspecified atom stereocenters. The summed E-state index contributed by atoms with van der Waals surface area (Å²) in [6.45, 7) is 7.32. The van der Waals surface area contributed by atoms with E-state index in [0.717, 1.165) is 6.42 Å². The summed E-state index contributed by atoms with van der Waals surface area (Å²) in [5.74, 6) is 0. The first-order valence-electron chi connectivity index (χ1n) is 7.26. The van der Waals surface area contributed by atoms with E-state index in [1.165, 1.54) is 22.4 Å². The highest BCUT2D eigenvalue weighted by molar-refractivity contribution is 6.79. The monoisotopic (exact) mass is 279 g/mol. The topological polar surface area (TPSA) is 12.9 Å². The van der Waals surface area contributed by atoms with Crippen LogP contribution in [0.1, 0.15) is 22.4 Å². The number of nitrogens with zero attached hydrogens (tertiary/aromatic N) is 1. The van der Waals surface area contributed by atoms with Crippen LogP contribution in [0.4, 0.5) is 0 Å². The van der Waals surface area contributed by atoms with Crippen molar-refractivity contribution >= 4 is 13.6 Å². The van der Waals surface area contributed by atoms with Gasteiger partial charge < -0.3 is 0 Å². The van der Waals surface area contributed by atoms with Gasteiger partial charge in [0, 0.05) is 17.4 Å². The molecule has 0 bridgehead atoms. The molecule has 0 fully saturated rings. The summed E-state index contributed by atoms with van der Waals surface area (Å²) in [5, 5.41) is 0. The molecule has 102 valence electrons. The summed E-state index contributed by atoms with van der Waals surface area (Å²) in [6.07, 6.45) is 5.41. The maximum absolute atomic E-state index is 4.66. The lowest BCUT2D eigenvalue weighted by atomic mass is 10.0. The second-order valence-electron chi connectivity index (χ2n) is 6.57. The normalized spacial score (nSPS) is 15.7. The molecule has 1 aromatic carbocycles. The van der Waals surface area contributed by atoms with E-state index in [2.05, 4.69) is 67.1 Å². The molecule has 3 rings (SSSR count). The number of aromatic nitrogens is 1. The zero-order chi connectivity index (χ0) is 14.2. The van der Waals surface area contributed by atoms with Crippen LogP contribution in [0.3, 0.4) is 0 Å². The van der Waals surface area contributed by atoms with Crippen molar-refractivity contribution in [2.75, 3.05) is 0 Å². The Labute approximate surface area is 122 Å². The smallest absolute Gasteiger partial charge is 0.0594 e. The number of benzene rings is 1. The Bertz CT molecular complexity index is 638. The molecule has 20 heavy (non-hydrogen) atoms. The van der Waals surface area contributed by atoms with Gasteiger partial charge in [-0.25, -0.2) is 0 Å². The molecule has 1 aliphatic carbocycles. The van der Waals surface area contributed by atoms with Crippen LogP contribution in [0.2, 0.25) is 19.6 Å². The third kappa shape index (κ3) is 2.36. The molecule has 1 nitrogen and oxygen atoms in total. The van der Waals surface area contributed by atoms with Crippen LogP contribution in [-0.2, 0) is 6.42 Å². The highest BCUT2D eigenvalue weighted by Gasteiger charge is 2.34. The molecule has 0 aliphatic heterocycles. The van der Waals surface area contributed by atoms with Gasteiger partial charge in [0.25, 0.3) is 0 Å². The summed E-state index contributed by atoms with van der Waals surface area (Å²) < 4.78 is 0. The summed E-state index contributed by atoms with van der Waals surface area (Å²) >= 11 is 0. The van der Waals surface area contributed by atoms with Crippen LogP contribution in [0.5, 0.6) is 0 Å². The van der Waals surface area contributed by atoms with Crippen molar-refractivity contribution in [3.05, 3.63) is 71.6 Å². The van der Waals surface area contributed by atoms with E-state index in [1.54, 1.807) is 0 Å². The van der Waals surface area contributed by atoms with Gasteiger partial charge in [0.15, 0.2) is 0 Å². The van der Waals surface area contributed by atoms with Gasteiger partial charge in [-0.15, -0.1) is 0 Å². The molecule has 1 heterocycles. The van der Waals surface area contributed by atoms with Crippen molar-refractivity contribution < 1.29 is 0 Å². The molecule has 0 radical (unpaired) electrons. The van der Waals surface area contributed by atoms with Crippen molar-refractivity contribution in [1.82, 2.24) is 4.98 Å². The van der Waals surface area contributed by atoms with E-state index < -0.39 is 8.07 Å². The highest BCUT2D eigenvalue weighted by Crippen LogP contribution is 2.42. The number of hydrogen-bond donors (Lipinski definition) is 0. The molecule has 2 aromatic rings. The van der Waals surface area contributed by atoms with E-state index in [4.69, 9.17) is 0 Å². The van der Waals surface area contributed by atoms with Crippen molar-refractivity contribution in [2.45, 2.75) is 31.6 Å². The summed E-state index contributed by atoms with van der Waals surface area (Å²) in [5.41, 5.74) is 6.10. The van der Waals surface area contributed by atoms with Crippen molar-refractivity contribution in [1.29, 1.82) is 0 Å². The maximum Gasteiger partial charge on any atom is 0.0594 e. The van der Waals surface area contributed by atoms with E-state index in [1.807, 2.05) is 12.3 Å². The standard InChI is InChI=1S/C18H21NSi/c1-20(2,3)18(17-10-6-7-13-19-17)16-12-11-14-8-4-5-9-15(14)16/h4-10,12-13,18H,11H2,1-3H3. The summed E-state index contributed by atoms with van der Waals surface area (Å²) in [7, 11) is -1.39. The average Bonchev–Trinajstić information content (AvgIpc) is 2.83. The van der Waals surface area contributed by atoms with Crippen LogP contribution >= 0.6 is 0 Å². The predicted molar refractivity (Wildman–Crippen MR) is 88.4 cm³/mol. The summed E-state index contributed by atoms with van der Waals surface area (Å²) in [6, 6.07) is 15.1. The molecule has 0 N–H and O–H groups in total. The quantitative estimate of drug-likeness (QED) is 0.743. The number of allylic oxidation sites excluding steroid dienone is 2. The Kier molecular flexibility index (Phi) is 3.34. The first-order chi connectivity index (χ1) is 9.57. The molecule has 1 aliphatic rings. The van der Waals surface area contributed by atoms with Crippen molar-refractivity contribution in [3.63, 3.8) is 0 Å². The molecular weight excluding hydrogens is 258 g/mol. The lowest BCUT2D eigenvalue weighted by molar-refractivity contribution is 1.05. The Hall–Kier alpha value is -1.67. The van der Waals surface area contributed by atoms with Gasteiger partial charge in [0.1, 0.15) is 0 Å². The van der Waals surface area contributed by atoms with Gasteiger partial charge in [0.2, 0.25) is 0 Å². The first kappa shape index (κ1) is 13.3. The first-order valence-corrected chi connectivity index (χ1v) is 10.8. The van der Waals surface area contributed by atoms with Crippen LogP contribution in [0.25, 0.3) is 5.57 Å². The summed E-state index contributed by atoms with van der Waals surface area (Å²) in [4.78, 5) is 4.66. The van der Waals surface area contributed by atoms with E-state index in [-0.39, 0.29) is 0 Å². The zero-order valence-corrected chi connectivity index (χ0v) is 13.4. The van der Waals surface area contributed by atoms with Gasteiger partial charge >= 0.3 is 0 Å². The molecule has 0 spiro atoms. The largest absolute Gasteiger partial charge is 0.261 e. The molecule has 1 atom stereocenters. The number of hydrogen-bond acceptors (Lipinski definition) is 1. The Morgan fingerprint density at radius 3 is 2.45 bits per heavy atom. The van der Waals surface area contributed by atoms with Gasteiger partial charge in [-0.1, -0.05) is 56.0 Å². The fraction of sp³-hybridized carbons (Fsp3) is 0.278. The molecule has 2 heteroatoms. The second kappa shape index (κ2) is 5.02. The van der Waals surface area contributed by atoms with Crippen LogP contribution < -0.4 is 0 Å². The van der Waals surface area contributed by atoms with Crippen molar-refractivity contribution in [2.24, 2.45) is 0 Å². The minimum Gasteiger partial charge on any atom is -0.261 e. The van der Waals surface area contributed by atoms with E-state index in [0.29, 0.717) is 5.54 Å². The van der Waals surface area contributed by atoms with E-state index in [9.17, 15) is 0 Å². The fourth-order valence-corrected chi connectivity index (χ4v) is 5.46. The van der Waals surface area contributed by atoms with Gasteiger partial charge in [-0.05, 0) is 35.3 Å². The van der Waals surface area contributed by atoms with Crippen molar-refractivity contribution in [3.8, 4) is 0 Å². The number of rotatable bonds is 3. The molecular formula is C18H21NSi. The highest BCUT2D eigenvalue weighted by atomic mass is 28.3. The Morgan fingerprint density at radius 2 is 1.75 bits per heavy atom. The molecule has 0 saturated heterocycles. The van der Waals surface area contributed by atoms with E-state index >= 15 is 0 Å². The van der Waals surface area contributed by atoms with Crippen LogP contribution in [0.15, 0.2) is 54.7 Å².